The quantitative estimate of drug-likeness (QED) is 0.476. The molecule has 0 saturated heterocycles. The van der Waals surface area contributed by atoms with Gasteiger partial charge in [-0.25, -0.2) is 0 Å². The summed E-state index contributed by atoms with van der Waals surface area (Å²) in [6, 6.07) is 0. The SMILES string of the molecule is NC1=NN=CC[Se]1. The molecule has 0 aliphatic carbocycles. The Hall–Kier alpha value is -0.341. The van der Waals surface area contributed by atoms with Crippen LogP contribution in [0.4, 0.5) is 0 Å². The third-order valence-electron chi connectivity index (χ3n) is 0.544. The van der Waals surface area contributed by atoms with Gasteiger partial charge in [0.05, 0.1) is 0 Å². The van der Waals surface area contributed by atoms with Crippen LogP contribution < -0.4 is 5.73 Å². The van der Waals surface area contributed by atoms with Crippen molar-refractivity contribution in [2.24, 2.45) is 15.9 Å². The molecular weight excluding hydrogens is 157 g/mol. The molecule has 0 spiro atoms. The summed E-state index contributed by atoms with van der Waals surface area (Å²) < 4.78 is 0.704. The molecule has 0 fully saturated rings. The standard InChI is InChI=1S/C3H5N3Se/c4-3-6-5-1-2-7-3/h1H,2H2,(H2,4,6). The van der Waals surface area contributed by atoms with Crippen molar-refractivity contribution in [3.05, 3.63) is 0 Å². The van der Waals surface area contributed by atoms with Crippen LogP contribution in [0.15, 0.2) is 10.2 Å². The van der Waals surface area contributed by atoms with Crippen molar-refractivity contribution in [3.63, 3.8) is 0 Å². The minimum absolute atomic E-state index is 0.391. The normalized spacial score (nSPS) is 19.1. The Labute approximate surface area is 47.8 Å². The van der Waals surface area contributed by atoms with Gasteiger partial charge < -0.3 is 0 Å². The number of amidine groups is 1. The van der Waals surface area contributed by atoms with Gasteiger partial charge in [-0.2, -0.15) is 0 Å². The van der Waals surface area contributed by atoms with Crippen molar-refractivity contribution >= 4 is 25.9 Å². The average molecular weight is 162 g/mol. The third-order valence-corrected chi connectivity index (χ3v) is 2.00. The van der Waals surface area contributed by atoms with Crippen LogP contribution in [0.5, 0.6) is 0 Å². The van der Waals surface area contributed by atoms with Crippen molar-refractivity contribution in [2.45, 2.75) is 5.32 Å². The monoisotopic (exact) mass is 163 g/mol. The van der Waals surface area contributed by atoms with Gasteiger partial charge in [0.2, 0.25) is 0 Å². The molecule has 0 radical (unpaired) electrons. The van der Waals surface area contributed by atoms with Crippen LogP contribution in [0.25, 0.3) is 0 Å². The second-order valence-electron chi connectivity index (χ2n) is 1.05. The first kappa shape index (κ1) is 4.81. The van der Waals surface area contributed by atoms with Gasteiger partial charge in [0.1, 0.15) is 0 Å². The molecule has 3 nitrogen and oxygen atoms in total. The van der Waals surface area contributed by atoms with Crippen LogP contribution in [0.2, 0.25) is 5.32 Å². The van der Waals surface area contributed by atoms with E-state index in [9.17, 15) is 0 Å². The van der Waals surface area contributed by atoms with Gasteiger partial charge in [-0.15, -0.1) is 0 Å². The van der Waals surface area contributed by atoms with Gasteiger partial charge in [0.15, 0.2) is 0 Å². The summed E-state index contributed by atoms with van der Waals surface area (Å²) in [6.45, 7) is 0. The molecular formula is C3H5N3Se. The van der Waals surface area contributed by atoms with Crippen molar-refractivity contribution < 1.29 is 0 Å². The van der Waals surface area contributed by atoms with Crippen molar-refractivity contribution in [2.75, 3.05) is 0 Å². The molecule has 0 amide bonds. The van der Waals surface area contributed by atoms with Crippen LogP contribution in [-0.4, -0.2) is 25.9 Å². The molecule has 1 rings (SSSR count). The Bertz CT molecular complexity index is 117. The summed E-state index contributed by atoms with van der Waals surface area (Å²) in [4.78, 5) is 0. The Morgan fingerprint density at radius 3 is 3.00 bits per heavy atom. The topological polar surface area (TPSA) is 50.7 Å². The first-order valence-corrected chi connectivity index (χ1v) is 3.94. The van der Waals surface area contributed by atoms with Gasteiger partial charge in [-0.05, 0) is 0 Å². The second-order valence-corrected chi connectivity index (χ2v) is 3.23. The fourth-order valence-electron chi connectivity index (χ4n) is 0.283. The van der Waals surface area contributed by atoms with E-state index in [1.807, 2.05) is 0 Å². The van der Waals surface area contributed by atoms with E-state index in [2.05, 4.69) is 10.2 Å². The third kappa shape index (κ3) is 1.29. The average Bonchev–Trinajstić information content (AvgIpc) is 1.69. The summed E-state index contributed by atoms with van der Waals surface area (Å²) in [7, 11) is 0. The zero-order valence-corrected chi connectivity index (χ0v) is 5.38. The van der Waals surface area contributed by atoms with E-state index >= 15 is 0 Å². The van der Waals surface area contributed by atoms with Gasteiger partial charge in [0.25, 0.3) is 0 Å². The molecule has 4 heteroatoms. The zero-order chi connectivity index (χ0) is 5.11. The van der Waals surface area contributed by atoms with Crippen LogP contribution in [-0.2, 0) is 0 Å². The molecule has 1 aliphatic heterocycles. The maximum absolute atomic E-state index is 5.30. The fourth-order valence-corrected chi connectivity index (χ4v) is 1.16. The summed E-state index contributed by atoms with van der Waals surface area (Å²) in [5.41, 5.74) is 5.30. The van der Waals surface area contributed by atoms with E-state index in [-0.39, 0.29) is 0 Å². The molecule has 2 N–H and O–H groups in total. The number of hydrogen-bond acceptors (Lipinski definition) is 3. The first-order valence-electron chi connectivity index (χ1n) is 1.87. The van der Waals surface area contributed by atoms with Gasteiger partial charge in [-0.1, -0.05) is 0 Å². The maximum atomic E-state index is 5.30. The Morgan fingerprint density at radius 1 is 1.86 bits per heavy atom. The molecule has 0 bridgehead atoms. The van der Waals surface area contributed by atoms with Gasteiger partial charge >= 0.3 is 47.2 Å². The van der Waals surface area contributed by atoms with Crippen molar-refractivity contribution in [1.82, 2.24) is 0 Å². The summed E-state index contributed by atoms with van der Waals surface area (Å²) in [5.74, 6) is 0. The first-order chi connectivity index (χ1) is 3.39. The summed E-state index contributed by atoms with van der Waals surface area (Å²) >= 11 is 0.391. The van der Waals surface area contributed by atoms with Crippen molar-refractivity contribution in [1.29, 1.82) is 0 Å². The van der Waals surface area contributed by atoms with Crippen LogP contribution in [0, 0.1) is 0 Å². The molecule has 0 aromatic rings. The molecule has 0 aromatic carbocycles. The van der Waals surface area contributed by atoms with Gasteiger partial charge in [0, 0.05) is 0 Å². The number of hydrogen-bond donors (Lipinski definition) is 1. The molecule has 7 heavy (non-hydrogen) atoms. The predicted molar refractivity (Wildman–Crippen MR) is 30.7 cm³/mol. The van der Waals surface area contributed by atoms with E-state index < -0.39 is 0 Å². The number of nitrogens with zero attached hydrogens (tertiary/aromatic N) is 2. The molecule has 1 aliphatic rings. The number of nitrogens with two attached hydrogens (primary N) is 1. The zero-order valence-electron chi connectivity index (χ0n) is 3.66. The summed E-state index contributed by atoms with van der Waals surface area (Å²) in [5, 5.41) is 8.24. The van der Waals surface area contributed by atoms with E-state index in [0.29, 0.717) is 19.7 Å². The number of rotatable bonds is 0. The summed E-state index contributed by atoms with van der Waals surface area (Å²) in [6.07, 6.45) is 1.79. The van der Waals surface area contributed by atoms with E-state index in [1.165, 1.54) is 0 Å². The molecule has 0 aromatic heterocycles. The molecule has 38 valence electrons. The van der Waals surface area contributed by atoms with Crippen LogP contribution in [0.1, 0.15) is 0 Å². The predicted octanol–water partition coefficient (Wildman–Crippen LogP) is -0.577. The molecule has 1 heterocycles. The van der Waals surface area contributed by atoms with E-state index in [1.54, 1.807) is 6.21 Å². The second kappa shape index (κ2) is 2.09. The Kier molecular flexibility index (Phi) is 1.44. The van der Waals surface area contributed by atoms with E-state index in [4.69, 9.17) is 5.73 Å². The Balaban J connectivity index is 2.57. The Morgan fingerprint density at radius 2 is 2.71 bits per heavy atom. The molecule has 0 unspecified atom stereocenters. The molecule has 0 atom stereocenters. The van der Waals surface area contributed by atoms with E-state index in [0.717, 1.165) is 5.32 Å². The van der Waals surface area contributed by atoms with Gasteiger partial charge in [-0.3, -0.25) is 0 Å². The fraction of sp³-hybridized carbons (Fsp3) is 0.333. The minimum atomic E-state index is 0.391. The van der Waals surface area contributed by atoms with Crippen LogP contribution >= 0.6 is 0 Å². The van der Waals surface area contributed by atoms with Crippen molar-refractivity contribution in [3.8, 4) is 0 Å². The molecule has 0 saturated carbocycles. The van der Waals surface area contributed by atoms with Crippen LogP contribution in [0.3, 0.4) is 0 Å².